The topological polar surface area (TPSA) is 93.3 Å². The van der Waals surface area contributed by atoms with Crippen molar-refractivity contribution < 1.29 is 9.59 Å². The third-order valence-electron chi connectivity index (χ3n) is 6.87. The number of hydrogen-bond donors (Lipinski definition) is 0. The van der Waals surface area contributed by atoms with Crippen LogP contribution in [0.3, 0.4) is 0 Å². The fraction of sp³-hybridized carbons (Fsp3) is 0.458. The Bertz CT molecular complexity index is 1290. The molecule has 9 heteroatoms. The lowest BCUT2D eigenvalue weighted by atomic mass is 10.1. The number of fused-ring (bicyclic) bond motifs is 1. The van der Waals surface area contributed by atoms with E-state index in [-0.39, 0.29) is 30.0 Å². The number of aryl methyl sites for hydroxylation is 2. The van der Waals surface area contributed by atoms with Crippen LogP contribution >= 0.6 is 0 Å². The van der Waals surface area contributed by atoms with Gasteiger partial charge in [-0.1, -0.05) is 12.1 Å². The molecule has 4 heterocycles. The molecule has 0 N–H and O–H groups in total. The molecule has 5 rings (SSSR count). The van der Waals surface area contributed by atoms with Crippen LogP contribution < -0.4 is 5.69 Å². The van der Waals surface area contributed by atoms with Gasteiger partial charge in [-0.25, -0.2) is 14.8 Å². The Hall–Kier alpha value is -3.49. The molecule has 2 fully saturated rings. The number of imidazole rings is 1. The number of rotatable bonds is 4. The predicted molar refractivity (Wildman–Crippen MR) is 123 cm³/mol. The third-order valence-corrected chi connectivity index (χ3v) is 6.87. The summed E-state index contributed by atoms with van der Waals surface area (Å²) in [5.74, 6) is 0.602. The van der Waals surface area contributed by atoms with Crippen molar-refractivity contribution in [3.8, 4) is 0 Å². The van der Waals surface area contributed by atoms with Crippen molar-refractivity contribution in [2.45, 2.75) is 38.6 Å². The van der Waals surface area contributed by atoms with Crippen molar-refractivity contribution in [3.05, 3.63) is 58.0 Å². The van der Waals surface area contributed by atoms with Crippen LogP contribution in [-0.2, 0) is 18.4 Å². The lowest BCUT2D eigenvalue weighted by Crippen LogP contribution is -2.35. The van der Waals surface area contributed by atoms with Crippen molar-refractivity contribution >= 4 is 22.8 Å². The van der Waals surface area contributed by atoms with Gasteiger partial charge >= 0.3 is 5.69 Å². The zero-order valence-electron chi connectivity index (χ0n) is 19.0. The van der Waals surface area contributed by atoms with Gasteiger partial charge in [0.25, 0.3) is 5.91 Å². The summed E-state index contributed by atoms with van der Waals surface area (Å²) in [6.45, 7) is 4.55. The summed E-state index contributed by atoms with van der Waals surface area (Å²) in [6, 6.07) is 7.48. The minimum absolute atomic E-state index is 0.000283. The first-order valence-electron chi connectivity index (χ1n) is 11.5. The van der Waals surface area contributed by atoms with E-state index < -0.39 is 0 Å². The summed E-state index contributed by atoms with van der Waals surface area (Å²) in [6.07, 6.45) is 4.48. The van der Waals surface area contributed by atoms with Crippen LogP contribution in [0.25, 0.3) is 11.0 Å². The summed E-state index contributed by atoms with van der Waals surface area (Å²) < 4.78 is 3.10. The Balaban J connectivity index is 1.29. The van der Waals surface area contributed by atoms with Crippen molar-refractivity contribution in [3.63, 3.8) is 0 Å². The van der Waals surface area contributed by atoms with Gasteiger partial charge in [-0.2, -0.15) is 0 Å². The van der Waals surface area contributed by atoms with Gasteiger partial charge in [-0.15, -0.1) is 0 Å². The Morgan fingerprint density at radius 2 is 1.79 bits per heavy atom. The first-order chi connectivity index (χ1) is 15.9. The summed E-state index contributed by atoms with van der Waals surface area (Å²) >= 11 is 0. The molecule has 2 aliphatic rings. The van der Waals surface area contributed by atoms with Gasteiger partial charge in [0.2, 0.25) is 5.91 Å². The second kappa shape index (κ2) is 8.46. The SMILES string of the molecule is Cc1nc([C@H]2CCN(C(=O)Cn3c(=O)n(C)c4ccccc43)C2)ncc1C(=O)N1CCCC1. The van der Waals surface area contributed by atoms with E-state index in [1.54, 1.807) is 22.7 Å². The number of carbonyl (C=O) groups is 2. The number of benzene rings is 1. The molecule has 2 aromatic heterocycles. The van der Waals surface area contributed by atoms with Crippen molar-refractivity contribution in [1.29, 1.82) is 0 Å². The van der Waals surface area contributed by atoms with Gasteiger partial charge in [-0.05, 0) is 38.3 Å². The maximum absolute atomic E-state index is 13.0. The van der Waals surface area contributed by atoms with Gasteiger partial charge in [0.1, 0.15) is 12.4 Å². The Morgan fingerprint density at radius 3 is 2.52 bits per heavy atom. The standard InChI is InChI=1S/C24H28N6O3/c1-16-18(23(32)28-10-5-6-11-28)13-25-22(26-16)17-9-12-29(14-17)21(31)15-30-20-8-4-3-7-19(20)27(2)24(30)33/h3-4,7-8,13,17H,5-6,9-12,14-15H2,1-2H3/t17-/m0/s1. The zero-order valence-corrected chi connectivity index (χ0v) is 19.0. The average Bonchev–Trinajstić information content (AvgIpc) is 3.57. The minimum atomic E-state index is -0.197. The van der Waals surface area contributed by atoms with E-state index in [2.05, 4.69) is 9.97 Å². The van der Waals surface area contributed by atoms with Crippen LogP contribution in [0.15, 0.2) is 35.3 Å². The first kappa shape index (κ1) is 21.4. The number of para-hydroxylation sites is 2. The van der Waals surface area contributed by atoms with Gasteiger partial charge in [0.15, 0.2) is 0 Å². The largest absolute Gasteiger partial charge is 0.340 e. The molecule has 0 aliphatic carbocycles. The summed E-state index contributed by atoms with van der Waals surface area (Å²) in [5.41, 5.74) is 2.61. The van der Waals surface area contributed by atoms with Gasteiger partial charge in [0.05, 0.1) is 22.3 Å². The van der Waals surface area contributed by atoms with Crippen LogP contribution in [0.4, 0.5) is 0 Å². The normalized spacial score (nSPS) is 18.4. The van der Waals surface area contributed by atoms with E-state index in [4.69, 9.17) is 0 Å². The lowest BCUT2D eigenvalue weighted by Gasteiger charge is -2.18. The van der Waals surface area contributed by atoms with Gasteiger partial charge < -0.3 is 9.80 Å². The first-order valence-corrected chi connectivity index (χ1v) is 11.5. The van der Waals surface area contributed by atoms with E-state index in [1.165, 1.54) is 4.57 Å². The van der Waals surface area contributed by atoms with Crippen LogP contribution in [0.1, 0.15) is 47.1 Å². The number of carbonyl (C=O) groups excluding carboxylic acids is 2. The molecule has 0 spiro atoms. The van der Waals surface area contributed by atoms with E-state index in [0.29, 0.717) is 30.2 Å². The second-order valence-electron chi connectivity index (χ2n) is 8.97. The average molecular weight is 449 g/mol. The molecule has 1 atom stereocenters. The highest BCUT2D eigenvalue weighted by molar-refractivity contribution is 5.95. The fourth-order valence-corrected chi connectivity index (χ4v) is 4.93. The van der Waals surface area contributed by atoms with Crippen molar-refractivity contribution in [1.82, 2.24) is 28.9 Å². The molecule has 2 amide bonds. The van der Waals surface area contributed by atoms with E-state index >= 15 is 0 Å². The van der Waals surface area contributed by atoms with E-state index in [9.17, 15) is 14.4 Å². The fourth-order valence-electron chi connectivity index (χ4n) is 4.93. The van der Waals surface area contributed by atoms with Gasteiger partial charge in [-0.3, -0.25) is 18.7 Å². The maximum Gasteiger partial charge on any atom is 0.329 e. The highest BCUT2D eigenvalue weighted by Crippen LogP contribution is 2.26. The van der Waals surface area contributed by atoms with Gasteiger partial charge in [0, 0.05) is 45.3 Å². The van der Waals surface area contributed by atoms with E-state index in [1.807, 2.05) is 36.1 Å². The number of likely N-dealkylation sites (tertiary alicyclic amines) is 2. The molecule has 33 heavy (non-hydrogen) atoms. The minimum Gasteiger partial charge on any atom is -0.340 e. The Morgan fingerprint density at radius 1 is 1.06 bits per heavy atom. The van der Waals surface area contributed by atoms with Crippen LogP contribution in [-0.4, -0.2) is 66.9 Å². The van der Waals surface area contributed by atoms with Crippen LogP contribution in [0.5, 0.6) is 0 Å². The van der Waals surface area contributed by atoms with Crippen molar-refractivity contribution in [2.24, 2.45) is 7.05 Å². The molecular weight excluding hydrogens is 420 g/mol. The second-order valence-corrected chi connectivity index (χ2v) is 8.97. The highest BCUT2D eigenvalue weighted by atomic mass is 16.2. The molecule has 0 saturated carbocycles. The van der Waals surface area contributed by atoms with Crippen LogP contribution in [0, 0.1) is 6.92 Å². The summed E-state index contributed by atoms with van der Waals surface area (Å²) in [5, 5.41) is 0. The summed E-state index contributed by atoms with van der Waals surface area (Å²) in [4.78, 5) is 51.1. The summed E-state index contributed by atoms with van der Waals surface area (Å²) in [7, 11) is 1.72. The Kier molecular flexibility index (Phi) is 5.47. The zero-order chi connectivity index (χ0) is 23.1. The molecule has 2 aliphatic heterocycles. The number of amides is 2. The number of nitrogens with zero attached hydrogens (tertiary/aromatic N) is 6. The number of aromatic nitrogens is 4. The third kappa shape index (κ3) is 3.81. The lowest BCUT2D eigenvalue weighted by molar-refractivity contribution is -0.130. The molecule has 0 unspecified atom stereocenters. The molecule has 1 aromatic carbocycles. The predicted octanol–water partition coefficient (Wildman–Crippen LogP) is 1.69. The Labute approximate surface area is 191 Å². The molecule has 172 valence electrons. The van der Waals surface area contributed by atoms with Crippen molar-refractivity contribution in [2.75, 3.05) is 26.2 Å². The molecule has 3 aromatic rings. The molecule has 2 saturated heterocycles. The molecular formula is C24H28N6O3. The number of hydrogen-bond acceptors (Lipinski definition) is 5. The molecule has 9 nitrogen and oxygen atoms in total. The maximum atomic E-state index is 13.0. The van der Waals surface area contributed by atoms with Crippen LogP contribution in [0.2, 0.25) is 0 Å². The monoisotopic (exact) mass is 448 g/mol. The molecule has 0 radical (unpaired) electrons. The van der Waals surface area contributed by atoms with E-state index in [0.717, 1.165) is 43.4 Å². The molecule has 0 bridgehead atoms. The smallest absolute Gasteiger partial charge is 0.329 e. The highest BCUT2D eigenvalue weighted by Gasteiger charge is 2.31. The quantitative estimate of drug-likeness (QED) is 0.606.